The zero-order valence-electron chi connectivity index (χ0n) is 19.3. The van der Waals surface area contributed by atoms with Crippen LogP contribution in [0.3, 0.4) is 0 Å². The number of rotatable bonds is 7. The van der Waals surface area contributed by atoms with Crippen molar-refractivity contribution in [2.24, 2.45) is 0 Å². The minimum atomic E-state index is -0.129. The van der Waals surface area contributed by atoms with Crippen LogP contribution in [0.25, 0.3) is 5.69 Å². The van der Waals surface area contributed by atoms with Crippen LogP contribution in [-0.4, -0.2) is 31.6 Å². The predicted molar refractivity (Wildman–Crippen MR) is 136 cm³/mol. The molecule has 2 amide bonds. The van der Waals surface area contributed by atoms with E-state index in [0.29, 0.717) is 21.7 Å². The summed E-state index contributed by atoms with van der Waals surface area (Å²) in [6, 6.07) is 13.5. The minimum Gasteiger partial charge on any atom is -0.326 e. The van der Waals surface area contributed by atoms with E-state index < -0.39 is 0 Å². The van der Waals surface area contributed by atoms with Crippen LogP contribution in [0.4, 0.5) is 16.5 Å². The van der Waals surface area contributed by atoms with Crippen molar-refractivity contribution in [2.45, 2.75) is 38.6 Å². The molecule has 2 aromatic heterocycles. The van der Waals surface area contributed by atoms with Gasteiger partial charge in [0.05, 0.1) is 17.1 Å². The second-order valence-electron chi connectivity index (χ2n) is 7.77. The smallest absolute Gasteiger partial charge is 0.230 e. The van der Waals surface area contributed by atoms with Crippen LogP contribution in [0.15, 0.2) is 59.3 Å². The van der Waals surface area contributed by atoms with Crippen molar-refractivity contribution >= 4 is 51.4 Å². The standard InChI is InChI=1S/C24H24N6O2S2/c1-15-8-9-22(16(2)10-15)30(18(4)32)23-27-20(12-33-23)13-34-24-28-25-14-29(24)21-7-5-6-19(11-21)26-17(3)31/h5-12,14H,13H2,1-4H3,(H,26,31). The molecule has 2 aromatic carbocycles. The average molecular weight is 493 g/mol. The maximum atomic E-state index is 12.5. The highest BCUT2D eigenvalue weighted by Crippen LogP contribution is 2.33. The van der Waals surface area contributed by atoms with Gasteiger partial charge in [0.1, 0.15) is 6.33 Å². The van der Waals surface area contributed by atoms with Gasteiger partial charge >= 0.3 is 0 Å². The molecule has 174 valence electrons. The highest BCUT2D eigenvalue weighted by molar-refractivity contribution is 7.98. The minimum absolute atomic E-state index is 0.0840. The van der Waals surface area contributed by atoms with Crippen LogP contribution in [0.1, 0.15) is 30.7 Å². The van der Waals surface area contributed by atoms with Gasteiger partial charge in [-0.15, -0.1) is 21.5 Å². The molecule has 2 heterocycles. The second kappa shape index (κ2) is 10.2. The van der Waals surface area contributed by atoms with Crippen LogP contribution in [0.2, 0.25) is 0 Å². The predicted octanol–water partition coefficient (Wildman–Crippen LogP) is 5.28. The lowest BCUT2D eigenvalue weighted by Crippen LogP contribution is -2.23. The Balaban J connectivity index is 1.52. The molecule has 0 aliphatic heterocycles. The molecular weight excluding hydrogens is 468 g/mol. The molecule has 0 aliphatic carbocycles. The van der Waals surface area contributed by atoms with Gasteiger partial charge in [0.15, 0.2) is 10.3 Å². The lowest BCUT2D eigenvalue weighted by molar-refractivity contribution is -0.116. The van der Waals surface area contributed by atoms with Gasteiger partial charge < -0.3 is 5.32 Å². The Morgan fingerprint density at radius 2 is 1.97 bits per heavy atom. The Kier molecular flexibility index (Phi) is 7.09. The molecule has 10 heteroatoms. The Labute approximate surface area is 206 Å². The average Bonchev–Trinajstić information content (AvgIpc) is 3.43. The number of benzene rings is 2. The third kappa shape index (κ3) is 5.35. The van der Waals surface area contributed by atoms with Gasteiger partial charge in [-0.2, -0.15) is 0 Å². The number of hydrogen-bond acceptors (Lipinski definition) is 7. The summed E-state index contributed by atoms with van der Waals surface area (Å²) in [5.41, 5.74) is 5.40. The van der Waals surface area contributed by atoms with E-state index in [4.69, 9.17) is 4.98 Å². The van der Waals surface area contributed by atoms with Crippen molar-refractivity contribution in [1.29, 1.82) is 0 Å². The first-order chi connectivity index (χ1) is 16.3. The van der Waals surface area contributed by atoms with Crippen molar-refractivity contribution in [1.82, 2.24) is 19.7 Å². The van der Waals surface area contributed by atoms with Crippen molar-refractivity contribution < 1.29 is 9.59 Å². The van der Waals surface area contributed by atoms with Gasteiger partial charge in [-0.3, -0.25) is 19.1 Å². The van der Waals surface area contributed by atoms with E-state index in [0.717, 1.165) is 28.2 Å². The summed E-state index contributed by atoms with van der Waals surface area (Å²) in [5.74, 6) is 0.355. The number of hydrogen-bond donors (Lipinski definition) is 1. The molecule has 4 rings (SSSR count). The summed E-state index contributed by atoms with van der Waals surface area (Å²) in [7, 11) is 0. The van der Waals surface area contributed by atoms with Crippen LogP contribution >= 0.6 is 23.1 Å². The van der Waals surface area contributed by atoms with E-state index >= 15 is 0 Å². The number of aromatic nitrogens is 4. The normalized spacial score (nSPS) is 10.8. The molecule has 4 aromatic rings. The van der Waals surface area contributed by atoms with Gasteiger partial charge in [-0.1, -0.05) is 35.5 Å². The summed E-state index contributed by atoms with van der Waals surface area (Å²) in [6.45, 7) is 7.05. The molecule has 0 unspecified atom stereocenters. The molecule has 0 radical (unpaired) electrons. The number of thiazole rings is 1. The number of nitrogens with zero attached hydrogens (tertiary/aromatic N) is 5. The zero-order chi connectivity index (χ0) is 24.2. The van der Waals surface area contributed by atoms with E-state index in [1.807, 2.05) is 60.2 Å². The number of carbonyl (C=O) groups is 2. The molecule has 34 heavy (non-hydrogen) atoms. The number of aryl methyl sites for hydroxylation is 2. The summed E-state index contributed by atoms with van der Waals surface area (Å²) in [4.78, 5) is 30.2. The van der Waals surface area contributed by atoms with Gasteiger partial charge in [-0.05, 0) is 43.7 Å². The lowest BCUT2D eigenvalue weighted by Gasteiger charge is -2.20. The summed E-state index contributed by atoms with van der Waals surface area (Å²) in [5, 5.41) is 14.4. The first kappa shape index (κ1) is 23.7. The van der Waals surface area contributed by atoms with Crippen molar-refractivity contribution in [3.63, 3.8) is 0 Å². The van der Waals surface area contributed by atoms with E-state index in [-0.39, 0.29) is 11.8 Å². The Hall–Kier alpha value is -3.50. The first-order valence-corrected chi connectivity index (χ1v) is 12.4. The summed E-state index contributed by atoms with van der Waals surface area (Å²) in [6.07, 6.45) is 1.64. The Morgan fingerprint density at radius 1 is 1.15 bits per heavy atom. The monoisotopic (exact) mass is 492 g/mol. The van der Waals surface area contributed by atoms with Crippen molar-refractivity contribution in [3.05, 3.63) is 71.0 Å². The molecule has 0 aliphatic rings. The molecule has 8 nitrogen and oxygen atoms in total. The molecular formula is C24H24N6O2S2. The molecule has 0 spiro atoms. The van der Waals surface area contributed by atoms with Crippen LogP contribution in [0.5, 0.6) is 0 Å². The number of carbonyl (C=O) groups excluding carboxylic acids is 2. The Morgan fingerprint density at radius 3 is 2.71 bits per heavy atom. The fourth-order valence-electron chi connectivity index (χ4n) is 3.50. The molecule has 0 fully saturated rings. The SMILES string of the molecule is CC(=O)Nc1cccc(-n2cnnc2SCc2csc(N(C(C)=O)c3ccc(C)cc3C)n2)c1. The van der Waals surface area contributed by atoms with E-state index in [9.17, 15) is 9.59 Å². The van der Waals surface area contributed by atoms with E-state index in [2.05, 4.69) is 21.6 Å². The first-order valence-electron chi connectivity index (χ1n) is 10.5. The van der Waals surface area contributed by atoms with Crippen LogP contribution in [0, 0.1) is 13.8 Å². The fourth-order valence-corrected chi connectivity index (χ4v) is 5.31. The molecule has 0 bridgehead atoms. The fraction of sp³-hybridized carbons (Fsp3) is 0.208. The van der Waals surface area contributed by atoms with Gasteiger partial charge in [0.25, 0.3) is 0 Å². The molecule has 0 atom stereocenters. The molecule has 0 saturated carbocycles. The summed E-state index contributed by atoms with van der Waals surface area (Å²) < 4.78 is 1.86. The quantitative estimate of drug-likeness (QED) is 0.353. The van der Waals surface area contributed by atoms with Gasteiger partial charge in [-0.25, -0.2) is 4.98 Å². The van der Waals surface area contributed by atoms with Crippen LogP contribution in [-0.2, 0) is 15.3 Å². The third-order valence-corrected chi connectivity index (χ3v) is 6.80. The van der Waals surface area contributed by atoms with Crippen LogP contribution < -0.4 is 10.2 Å². The number of nitrogens with one attached hydrogen (secondary N) is 1. The maximum Gasteiger partial charge on any atom is 0.230 e. The summed E-state index contributed by atoms with van der Waals surface area (Å²) >= 11 is 2.94. The van der Waals surface area contributed by atoms with E-state index in [1.54, 1.807) is 18.2 Å². The largest absolute Gasteiger partial charge is 0.326 e. The Bertz CT molecular complexity index is 1350. The lowest BCUT2D eigenvalue weighted by atomic mass is 10.1. The molecule has 1 N–H and O–H groups in total. The van der Waals surface area contributed by atoms with Gasteiger partial charge in [0.2, 0.25) is 11.8 Å². The molecule has 0 saturated heterocycles. The second-order valence-corrected chi connectivity index (χ2v) is 9.55. The van der Waals surface area contributed by atoms with Crippen molar-refractivity contribution in [2.75, 3.05) is 10.2 Å². The number of amides is 2. The van der Waals surface area contributed by atoms with E-state index in [1.165, 1.54) is 30.0 Å². The van der Waals surface area contributed by atoms with Crippen molar-refractivity contribution in [3.8, 4) is 5.69 Å². The third-order valence-electron chi connectivity index (χ3n) is 4.95. The number of thioether (sulfide) groups is 1. The number of anilines is 3. The highest BCUT2D eigenvalue weighted by Gasteiger charge is 2.20. The topological polar surface area (TPSA) is 93.0 Å². The van der Waals surface area contributed by atoms with Gasteiger partial charge in [0, 0.05) is 30.7 Å². The maximum absolute atomic E-state index is 12.5. The highest BCUT2D eigenvalue weighted by atomic mass is 32.2. The zero-order valence-corrected chi connectivity index (χ0v) is 20.9.